The summed E-state index contributed by atoms with van der Waals surface area (Å²) in [5.74, 6) is -0.387. The van der Waals surface area contributed by atoms with Crippen LogP contribution < -0.4 is 0 Å². The monoisotopic (exact) mass is 435 g/mol. The summed E-state index contributed by atoms with van der Waals surface area (Å²) in [6.07, 6.45) is 4.75. The molecule has 1 atom stereocenters. The Bertz CT molecular complexity index is 1230. The van der Waals surface area contributed by atoms with Crippen LogP contribution in [0.25, 0.3) is 17.0 Å². The van der Waals surface area contributed by atoms with Crippen molar-refractivity contribution < 1.29 is 14.5 Å². The van der Waals surface area contributed by atoms with E-state index in [0.717, 1.165) is 39.5 Å². The molecule has 7 nitrogen and oxygen atoms in total. The maximum absolute atomic E-state index is 13.0. The number of nitrogens with zero attached hydrogens (tertiary/aromatic N) is 3. The maximum atomic E-state index is 13.0. The van der Waals surface area contributed by atoms with Gasteiger partial charge in [-0.05, 0) is 42.8 Å². The van der Waals surface area contributed by atoms with Crippen LogP contribution in [0.15, 0.2) is 59.6 Å². The number of rotatable bonds is 6. The van der Waals surface area contributed by atoms with E-state index in [9.17, 15) is 19.7 Å². The van der Waals surface area contributed by atoms with E-state index in [-0.39, 0.29) is 23.4 Å². The van der Waals surface area contributed by atoms with Gasteiger partial charge < -0.3 is 4.57 Å². The van der Waals surface area contributed by atoms with Crippen LogP contribution >= 0.6 is 11.8 Å². The number of amides is 2. The van der Waals surface area contributed by atoms with E-state index in [0.29, 0.717) is 16.5 Å². The summed E-state index contributed by atoms with van der Waals surface area (Å²) in [6.45, 7) is 4.26. The summed E-state index contributed by atoms with van der Waals surface area (Å²) < 4.78 is 2.19. The number of carbonyl (C=O) groups excluding carboxylic acids is 2. The second-order valence-electron chi connectivity index (χ2n) is 7.46. The summed E-state index contributed by atoms with van der Waals surface area (Å²) in [5.41, 5.74) is 2.43. The molecule has 0 saturated carbocycles. The third-order valence-electron chi connectivity index (χ3n) is 5.46. The van der Waals surface area contributed by atoms with Crippen molar-refractivity contribution in [3.05, 3.63) is 80.9 Å². The number of imide groups is 1. The first kappa shape index (κ1) is 20.9. The third-order valence-corrected chi connectivity index (χ3v) is 6.37. The van der Waals surface area contributed by atoms with Gasteiger partial charge in [0.25, 0.3) is 16.8 Å². The zero-order chi connectivity index (χ0) is 22.1. The van der Waals surface area contributed by atoms with Crippen LogP contribution in [0.5, 0.6) is 0 Å². The molecule has 1 saturated heterocycles. The summed E-state index contributed by atoms with van der Waals surface area (Å²) in [5, 5.41) is 11.6. The molecule has 1 aromatic heterocycles. The Morgan fingerprint density at radius 1 is 1.16 bits per heavy atom. The number of aromatic nitrogens is 1. The van der Waals surface area contributed by atoms with Crippen LogP contribution in [0.3, 0.4) is 0 Å². The van der Waals surface area contributed by atoms with Crippen molar-refractivity contribution in [1.82, 2.24) is 9.47 Å². The molecule has 0 radical (unpaired) electrons. The molecule has 158 valence electrons. The van der Waals surface area contributed by atoms with E-state index >= 15 is 0 Å². The fraction of sp³-hybridized carbons (Fsp3) is 0.217. The molecule has 0 spiro atoms. The Morgan fingerprint density at radius 3 is 2.68 bits per heavy atom. The number of para-hydroxylation sites is 1. The predicted molar refractivity (Wildman–Crippen MR) is 122 cm³/mol. The molecular formula is C23H21N3O4S. The number of hydrogen-bond acceptors (Lipinski definition) is 5. The minimum Gasteiger partial charge on any atom is -0.344 e. The molecule has 1 aliphatic heterocycles. The number of fused-ring (bicyclic) bond motifs is 1. The van der Waals surface area contributed by atoms with Crippen molar-refractivity contribution in [1.29, 1.82) is 0 Å². The van der Waals surface area contributed by atoms with E-state index in [1.807, 2.05) is 30.5 Å². The Hall–Kier alpha value is -3.39. The fourth-order valence-electron chi connectivity index (χ4n) is 3.64. The number of nitro groups is 1. The molecular weight excluding hydrogens is 414 g/mol. The van der Waals surface area contributed by atoms with Gasteiger partial charge in [-0.15, -0.1) is 0 Å². The summed E-state index contributed by atoms with van der Waals surface area (Å²) in [6, 6.07) is 14.3. The maximum Gasteiger partial charge on any atom is 0.293 e. The number of carbonyl (C=O) groups is 2. The molecule has 2 heterocycles. The third kappa shape index (κ3) is 3.98. The normalized spacial score (nSPS) is 16.5. The Kier molecular flexibility index (Phi) is 5.65. The quantitative estimate of drug-likeness (QED) is 0.279. The predicted octanol–water partition coefficient (Wildman–Crippen LogP) is 5.76. The highest BCUT2D eigenvalue weighted by atomic mass is 32.2. The lowest BCUT2D eigenvalue weighted by Gasteiger charge is -2.12. The summed E-state index contributed by atoms with van der Waals surface area (Å²) >= 11 is 0.894. The van der Waals surface area contributed by atoms with Crippen LogP contribution in [-0.2, 0) is 11.3 Å². The molecule has 0 unspecified atom stereocenters. The second kappa shape index (κ2) is 8.39. The van der Waals surface area contributed by atoms with Crippen molar-refractivity contribution in [2.45, 2.75) is 32.9 Å². The summed E-state index contributed by atoms with van der Waals surface area (Å²) in [4.78, 5) is 37.4. The van der Waals surface area contributed by atoms with Crippen molar-refractivity contribution >= 4 is 45.6 Å². The van der Waals surface area contributed by atoms with Gasteiger partial charge in [-0.25, -0.2) is 0 Å². The second-order valence-corrected chi connectivity index (χ2v) is 8.45. The van der Waals surface area contributed by atoms with Gasteiger partial charge >= 0.3 is 0 Å². The summed E-state index contributed by atoms with van der Waals surface area (Å²) in [7, 11) is 0. The standard InChI is InChI=1S/C23H21N3O4S/c1-3-15(2)24-14-17(19-9-4-5-10-20(19)24)12-21-22(27)25(23(28)31-21)13-16-7-6-8-18(11-16)26(29)30/h4-12,14-15H,3,13H2,1-2H3/b21-12+/t15-/m1/s1. The van der Waals surface area contributed by atoms with Crippen molar-refractivity contribution in [2.24, 2.45) is 0 Å². The highest BCUT2D eigenvalue weighted by Gasteiger charge is 2.35. The Labute approximate surface area is 183 Å². The number of hydrogen-bond donors (Lipinski definition) is 0. The number of non-ortho nitro benzene ring substituents is 1. The topological polar surface area (TPSA) is 85.4 Å². The van der Waals surface area contributed by atoms with Crippen LogP contribution in [0, 0.1) is 10.1 Å². The molecule has 31 heavy (non-hydrogen) atoms. The lowest BCUT2D eigenvalue weighted by atomic mass is 10.1. The highest BCUT2D eigenvalue weighted by Crippen LogP contribution is 2.36. The average molecular weight is 436 g/mol. The number of nitro benzene ring substituents is 1. The van der Waals surface area contributed by atoms with Gasteiger partial charge in [0.2, 0.25) is 0 Å². The molecule has 2 amide bonds. The molecule has 1 fully saturated rings. The molecule has 4 rings (SSSR count). The molecule has 1 aliphatic rings. The average Bonchev–Trinajstić information content (AvgIpc) is 3.26. The minimum atomic E-state index is -0.496. The molecule has 3 aromatic rings. The van der Waals surface area contributed by atoms with E-state index in [1.165, 1.54) is 12.1 Å². The van der Waals surface area contributed by atoms with Crippen LogP contribution in [-0.4, -0.2) is 25.5 Å². The molecule has 0 N–H and O–H groups in total. The van der Waals surface area contributed by atoms with E-state index < -0.39 is 4.92 Å². The highest BCUT2D eigenvalue weighted by molar-refractivity contribution is 8.18. The van der Waals surface area contributed by atoms with Gasteiger partial charge in [-0.1, -0.05) is 37.3 Å². The number of thioether (sulfide) groups is 1. The SMILES string of the molecule is CC[C@@H](C)n1cc(/C=C2/SC(=O)N(Cc3cccc([N+](=O)[O-])c3)C2=O)c2ccccc21. The Morgan fingerprint density at radius 2 is 1.94 bits per heavy atom. The lowest BCUT2D eigenvalue weighted by molar-refractivity contribution is -0.384. The van der Waals surface area contributed by atoms with Gasteiger partial charge in [-0.3, -0.25) is 24.6 Å². The lowest BCUT2D eigenvalue weighted by Crippen LogP contribution is -2.27. The van der Waals surface area contributed by atoms with Crippen LogP contribution in [0.2, 0.25) is 0 Å². The largest absolute Gasteiger partial charge is 0.344 e. The van der Waals surface area contributed by atoms with E-state index in [4.69, 9.17) is 0 Å². The number of benzene rings is 2. The Balaban J connectivity index is 1.65. The van der Waals surface area contributed by atoms with Gasteiger partial charge in [-0.2, -0.15) is 0 Å². The zero-order valence-electron chi connectivity index (χ0n) is 17.1. The first-order valence-electron chi connectivity index (χ1n) is 9.97. The van der Waals surface area contributed by atoms with Gasteiger partial charge in [0.1, 0.15) is 0 Å². The van der Waals surface area contributed by atoms with Gasteiger partial charge in [0, 0.05) is 40.8 Å². The van der Waals surface area contributed by atoms with E-state index in [1.54, 1.807) is 18.2 Å². The van der Waals surface area contributed by atoms with Crippen molar-refractivity contribution in [3.8, 4) is 0 Å². The van der Waals surface area contributed by atoms with Gasteiger partial charge in [0.05, 0.1) is 16.4 Å². The van der Waals surface area contributed by atoms with E-state index in [2.05, 4.69) is 18.4 Å². The smallest absolute Gasteiger partial charge is 0.293 e. The van der Waals surface area contributed by atoms with Crippen molar-refractivity contribution in [2.75, 3.05) is 0 Å². The molecule has 0 aliphatic carbocycles. The molecule has 2 aromatic carbocycles. The minimum absolute atomic E-state index is 0.00167. The first-order valence-corrected chi connectivity index (χ1v) is 10.8. The van der Waals surface area contributed by atoms with Crippen LogP contribution in [0.4, 0.5) is 10.5 Å². The molecule has 0 bridgehead atoms. The van der Waals surface area contributed by atoms with Crippen LogP contribution in [0.1, 0.15) is 37.4 Å². The molecule has 8 heteroatoms. The van der Waals surface area contributed by atoms with Crippen molar-refractivity contribution in [3.63, 3.8) is 0 Å². The zero-order valence-corrected chi connectivity index (χ0v) is 18.0. The fourth-order valence-corrected chi connectivity index (χ4v) is 4.47. The first-order chi connectivity index (χ1) is 14.9. The van der Waals surface area contributed by atoms with Gasteiger partial charge in [0.15, 0.2) is 0 Å².